The van der Waals surface area contributed by atoms with Gasteiger partial charge in [-0.25, -0.2) is 13.4 Å². The van der Waals surface area contributed by atoms with Crippen molar-refractivity contribution in [1.82, 2.24) is 9.21 Å². The zero-order chi connectivity index (χ0) is 22.1. The summed E-state index contributed by atoms with van der Waals surface area (Å²) in [7, 11) is -3.37. The normalized spacial score (nSPS) is 16.4. The second-order valence-electron chi connectivity index (χ2n) is 8.13. The van der Waals surface area contributed by atoms with Crippen molar-refractivity contribution in [2.45, 2.75) is 12.7 Å². The van der Waals surface area contributed by atoms with Gasteiger partial charge in [0.1, 0.15) is 17.3 Å². The van der Waals surface area contributed by atoms with Gasteiger partial charge in [0, 0.05) is 26.2 Å². The second kappa shape index (κ2) is 8.41. The molecule has 7 heteroatoms. The van der Waals surface area contributed by atoms with Gasteiger partial charge in [0.05, 0.1) is 11.3 Å². The fraction of sp³-hybridized carbons (Fsp3) is 0.240. The van der Waals surface area contributed by atoms with Gasteiger partial charge in [-0.3, -0.25) is 0 Å². The van der Waals surface area contributed by atoms with Gasteiger partial charge in [0.2, 0.25) is 10.0 Å². The van der Waals surface area contributed by atoms with Gasteiger partial charge in [-0.1, -0.05) is 48.5 Å². The molecular formula is C25H25N3O3S. The Labute approximate surface area is 188 Å². The molecule has 5 rings (SSSR count). The van der Waals surface area contributed by atoms with Gasteiger partial charge < -0.3 is 9.64 Å². The van der Waals surface area contributed by atoms with Crippen LogP contribution in [-0.4, -0.2) is 49.6 Å². The van der Waals surface area contributed by atoms with E-state index in [9.17, 15) is 8.42 Å². The van der Waals surface area contributed by atoms with Crippen LogP contribution in [0.3, 0.4) is 0 Å². The van der Waals surface area contributed by atoms with Crippen LogP contribution in [0.1, 0.15) is 16.7 Å². The van der Waals surface area contributed by atoms with E-state index in [-0.39, 0.29) is 5.75 Å². The summed E-state index contributed by atoms with van der Waals surface area (Å²) < 4.78 is 33.7. The Morgan fingerprint density at radius 1 is 0.875 bits per heavy atom. The van der Waals surface area contributed by atoms with Crippen LogP contribution in [0.5, 0.6) is 11.5 Å². The number of fused-ring (bicyclic) bond motifs is 2. The summed E-state index contributed by atoms with van der Waals surface area (Å²) in [4.78, 5) is 7.11. The Morgan fingerprint density at radius 3 is 2.38 bits per heavy atom. The van der Waals surface area contributed by atoms with Gasteiger partial charge >= 0.3 is 0 Å². The van der Waals surface area contributed by atoms with Crippen LogP contribution in [0.25, 0.3) is 0 Å². The minimum Gasteiger partial charge on any atom is -0.454 e. The highest BCUT2D eigenvalue weighted by Gasteiger charge is 2.30. The topological polar surface area (TPSA) is 62.2 Å². The maximum Gasteiger partial charge on any atom is 0.218 e. The van der Waals surface area contributed by atoms with Crippen molar-refractivity contribution in [3.05, 3.63) is 89.5 Å². The fourth-order valence-corrected chi connectivity index (χ4v) is 5.64. The van der Waals surface area contributed by atoms with E-state index in [1.165, 1.54) is 0 Å². The molecule has 0 radical (unpaired) electrons. The van der Waals surface area contributed by atoms with Crippen molar-refractivity contribution in [2.24, 2.45) is 4.99 Å². The molecule has 2 heterocycles. The Balaban J connectivity index is 1.39. The zero-order valence-corrected chi connectivity index (χ0v) is 18.8. The van der Waals surface area contributed by atoms with E-state index in [1.54, 1.807) is 4.31 Å². The number of aliphatic imine (C=N–C) groups is 1. The first kappa shape index (κ1) is 20.7. The standard InChI is InChI=1S/C25H25N3O3S/c1-19-11-12-22-24(17-19)31-23-10-6-5-9-21(23)25(26-22)27-13-15-28(16-14-27)32(29,30)18-20-7-3-2-4-8-20/h2-12,17H,13-16,18H2,1H3. The van der Waals surface area contributed by atoms with E-state index in [4.69, 9.17) is 9.73 Å². The lowest BCUT2D eigenvalue weighted by molar-refractivity contribution is 0.266. The van der Waals surface area contributed by atoms with E-state index >= 15 is 0 Å². The number of amidine groups is 1. The number of nitrogens with zero attached hydrogens (tertiary/aromatic N) is 3. The fourth-order valence-electron chi connectivity index (χ4n) is 4.12. The summed E-state index contributed by atoms with van der Waals surface area (Å²) in [5, 5.41) is 0. The van der Waals surface area contributed by atoms with Crippen molar-refractivity contribution in [2.75, 3.05) is 26.2 Å². The second-order valence-corrected chi connectivity index (χ2v) is 10.1. The first-order chi connectivity index (χ1) is 15.5. The number of para-hydroxylation sites is 1. The molecule has 0 atom stereocenters. The summed E-state index contributed by atoms with van der Waals surface area (Å²) in [6.07, 6.45) is 0. The quantitative estimate of drug-likeness (QED) is 0.600. The van der Waals surface area contributed by atoms with Crippen LogP contribution in [-0.2, 0) is 15.8 Å². The van der Waals surface area contributed by atoms with Crippen molar-refractivity contribution in [1.29, 1.82) is 0 Å². The van der Waals surface area contributed by atoms with Gasteiger partial charge in [-0.2, -0.15) is 4.31 Å². The first-order valence-electron chi connectivity index (χ1n) is 10.7. The van der Waals surface area contributed by atoms with Crippen molar-refractivity contribution >= 4 is 21.5 Å². The number of piperazine rings is 1. The maximum atomic E-state index is 12.9. The first-order valence-corrected chi connectivity index (χ1v) is 12.3. The third-order valence-electron chi connectivity index (χ3n) is 5.81. The molecule has 0 aliphatic carbocycles. The monoisotopic (exact) mass is 447 g/mol. The average molecular weight is 448 g/mol. The van der Waals surface area contributed by atoms with E-state index in [0.29, 0.717) is 26.2 Å². The number of aryl methyl sites for hydroxylation is 1. The SMILES string of the molecule is Cc1ccc2c(c1)Oc1ccccc1C(N1CCN(S(=O)(=O)Cc3ccccc3)CC1)=N2. The lowest BCUT2D eigenvalue weighted by atomic mass is 10.1. The summed E-state index contributed by atoms with van der Waals surface area (Å²) in [5.74, 6) is 2.34. The largest absolute Gasteiger partial charge is 0.454 e. The third-order valence-corrected chi connectivity index (χ3v) is 7.66. The van der Waals surface area contributed by atoms with Crippen LogP contribution in [0, 0.1) is 6.92 Å². The zero-order valence-electron chi connectivity index (χ0n) is 17.9. The van der Waals surface area contributed by atoms with Crippen LogP contribution in [0.2, 0.25) is 0 Å². The molecule has 1 saturated heterocycles. The Kier molecular flexibility index (Phi) is 5.45. The minimum atomic E-state index is -3.37. The molecule has 0 unspecified atom stereocenters. The number of sulfonamides is 1. The van der Waals surface area contributed by atoms with Gasteiger partial charge in [0.25, 0.3) is 0 Å². The number of hydrogen-bond donors (Lipinski definition) is 0. The minimum absolute atomic E-state index is 0.0260. The summed E-state index contributed by atoms with van der Waals surface area (Å²) in [6, 6.07) is 23.2. The number of rotatable bonds is 3. The third kappa shape index (κ3) is 4.13. The molecule has 6 nitrogen and oxygen atoms in total. The summed E-state index contributed by atoms with van der Waals surface area (Å²) in [5.41, 5.74) is 3.61. The Morgan fingerprint density at radius 2 is 1.59 bits per heavy atom. The summed E-state index contributed by atoms with van der Waals surface area (Å²) in [6.45, 7) is 4.03. The highest BCUT2D eigenvalue weighted by molar-refractivity contribution is 7.88. The number of ether oxygens (including phenoxy) is 1. The smallest absolute Gasteiger partial charge is 0.218 e. The van der Waals surface area contributed by atoms with Gasteiger partial charge in [-0.15, -0.1) is 0 Å². The van der Waals surface area contributed by atoms with Crippen molar-refractivity contribution in [3.8, 4) is 11.5 Å². The average Bonchev–Trinajstić information content (AvgIpc) is 2.96. The van der Waals surface area contributed by atoms with E-state index in [0.717, 1.165) is 39.7 Å². The lowest BCUT2D eigenvalue weighted by Gasteiger charge is -2.36. The summed E-state index contributed by atoms with van der Waals surface area (Å²) >= 11 is 0. The maximum absolute atomic E-state index is 12.9. The molecule has 0 N–H and O–H groups in total. The van der Waals surface area contributed by atoms with Gasteiger partial charge in [0.15, 0.2) is 5.75 Å². The molecule has 0 amide bonds. The molecule has 3 aromatic carbocycles. The highest BCUT2D eigenvalue weighted by atomic mass is 32.2. The van der Waals surface area contributed by atoms with Crippen LogP contribution >= 0.6 is 0 Å². The van der Waals surface area contributed by atoms with E-state index in [2.05, 4.69) is 4.90 Å². The molecule has 0 aromatic heterocycles. The Hall–Kier alpha value is -3.16. The van der Waals surface area contributed by atoms with Crippen LogP contribution in [0.4, 0.5) is 5.69 Å². The lowest BCUT2D eigenvalue weighted by Crippen LogP contribution is -2.51. The molecular weight excluding hydrogens is 422 g/mol. The Bertz CT molecular complexity index is 1260. The van der Waals surface area contributed by atoms with Crippen molar-refractivity contribution in [3.63, 3.8) is 0 Å². The predicted molar refractivity (Wildman–Crippen MR) is 126 cm³/mol. The highest BCUT2D eigenvalue weighted by Crippen LogP contribution is 2.38. The molecule has 0 bridgehead atoms. The van der Waals surface area contributed by atoms with Crippen molar-refractivity contribution < 1.29 is 13.2 Å². The van der Waals surface area contributed by atoms with Gasteiger partial charge in [-0.05, 0) is 42.3 Å². The number of benzene rings is 3. The molecule has 32 heavy (non-hydrogen) atoms. The van der Waals surface area contributed by atoms with Crippen LogP contribution in [0.15, 0.2) is 77.8 Å². The molecule has 1 fully saturated rings. The van der Waals surface area contributed by atoms with E-state index in [1.807, 2.05) is 79.7 Å². The number of hydrogen-bond acceptors (Lipinski definition) is 5. The molecule has 2 aliphatic heterocycles. The molecule has 0 spiro atoms. The molecule has 164 valence electrons. The molecule has 3 aromatic rings. The predicted octanol–water partition coefficient (Wildman–Crippen LogP) is 4.33. The molecule has 2 aliphatic rings. The van der Waals surface area contributed by atoms with E-state index < -0.39 is 10.0 Å². The van der Waals surface area contributed by atoms with Crippen LogP contribution < -0.4 is 4.74 Å². The molecule has 0 saturated carbocycles.